The summed E-state index contributed by atoms with van der Waals surface area (Å²) in [5.74, 6) is -0.188. The monoisotopic (exact) mass is 349 g/mol. The van der Waals surface area contributed by atoms with Crippen LogP contribution in [0.25, 0.3) is 0 Å². The Hall–Kier alpha value is -2.12. The lowest BCUT2D eigenvalue weighted by Crippen LogP contribution is -2.56. The van der Waals surface area contributed by atoms with Crippen molar-refractivity contribution in [2.45, 2.75) is 51.0 Å². The molecule has 1 N–H and O–H groups in total. The number of nitrogens with one attached hydrogen (secondary N) is 1. The molecule has 0 aromatic heterocycles. The lowest BCUT2D eigenvalue weighted by atomic mass is 9.96. The lowest BCUT2D eigenvalue weighted by Gasteiger charge is -2.36. The van der Waals surface area contributed by atoms with Gasteiger partial charge in [0.15, 0.2) is 0 Å². The first-order valence-corrected chi connectivity index (χ1v) is 9.23. The predicted octanol–water partition coefficient (Wildman–Crippen LogP) is 0.781. The molecular formula is C17H27N5O3. The number of carbonyl (C=O) groups is 3. The molecule has 1 saturated heterocycles. The second-order valence-electron chi connectivity index (χ2n) is 7.03. The van der Waals surface area contributed by atoms with Gasteiger partial charge >= 0.3 is 6.03 Å². The highest BCUT2D eigenvalue weighted by Crippen LogP contribution is 2.18. The van der Waals surface area contributed by atoms with Gasteiger partial charge in [0.25, 0.3) is 5.91 Å². The molecule has 0 aromatic carbocycles. The van der Waals surface area contributed by atoms with E-state index in [1.165, 1.54) is 24.3 Å². The van der Waals surface area contributed by atoms with Crippen LogP contribution in [0.2, 0.25) is 0 Å². The van der Waals surface area contributed by atoms with E-state index in [1.54, 1.807) is 16.8 Å². The molecule has 2 heterocycles. The molecule has 3 rings (SSSR count). The number of rotatable bonds is 2. The van der Waals surface area contributed by atoms with Gasteiger partial charge in [-0.15, -0.1) is 0 Å². The molecular weight excluding hydrogens is 322 g/mol. The van der Waals surface area contributed by atoms with E-state index in [0.29, 0.717) is 50.8 Å². The normalized spacial score (nSPS) is 22.7. The average Bonchev–Trinajstić information content (AvgIpc) is 2.64. The zero-order valence-corrected chi connectivity index (χ0v) is 14.9. The van der Waals surface area contributed by atoms with Gasteiger partial charge in [-0.1, -0.05) is 19.3 Å². The summed E-state index contributed by atoms with van der Waals surface area (Å²) in [6.45, 7) is 2.08. The van der Waals surface area contributed by atoms with E-state index in [4.69, 9.17) is 0 Å². The van der Waals surface area contributed by atoms with Gasteiger partial charge in [0.05, 0.1) is 0 Å². The predicted molar refractivity (Wildman–Crippen MR) is 93.0 cm³/mol. The van der Waals surface area contributed by atoms with Gasteiger partial charge in [0, 0.05) is 52.1 Å². The molecule has 4 amide bonds. The molecule has 1 saturated carbocycles. The van der Waals surface area contributed by atoms with E-state index in [9.17, 15) is 14.4 Å². The van der Waals surface area contributed by atoms with Crippen molar-refractivity contribution < 1.29 is 14.4 Å². The van der Waals surface area contributed by atoms with Crippen LogP contribution in [0.5, 0.6) is 0 Å². The fourth-order valence-electron chi connectivity index (χ4n) is 3.63. The van der Waals surface area contributed by atoms with Crippen molar-refractivity contribution in [1.82, 2.24) is 20.1 Å². The van der Waals surface area contributed by atoms with E-state index in [1.807, 2.05) is 0 Å². The summed E-state index contributed by atoms with van der Waals surface area (Å²) in [5.41, 5.74) is 0.433. The topological polar surface area (TPSA) is 85.3 Å². The number of nitrogens with zero attached hydrogens (tertiary/aromatic N) is 4. The van der Waals surface area contributed by atoms with Crippen molar-refractivity contribution >= 4 is 23.6 Å². The van der Waals surface area contributed by atoms with Gasteiger partial charge in [-0.2, -0.15) is 5.10 Å². The van der Waals surface area contributed by atoms with Crippen LogP contribution in [0.4, 0.5) is 4.79 Å². The molecule has 25 heavy (non-hydrogen) atoms. The minimum absolute atomic E-state index is 0.0145. The fourth-order valence-corrected chi connectivity index (χ4v) is 3.63. The molecule has 2 fully saturated rings. The van der Waals surface area contributed by atoms with Crippen molar-refractivity contribution in [3.05, 3.63) is 0 Å². The highest BCUT2D eigenvalue weighted by molar-refractivity contribution is 6.39. The first kappa shape index (κ1) is 17.7. The van der Waals surface area contributed by atoms with Gasteiger partial charge < -0.3 is 15.1 Å². The molecule has 2 aliphatic heterocycles. The summed E-state index contributed by atoms with van der Waals surface area (Å²) in [4.78, 5) is 39.9. The van der Waals surface area contributed by atoms with Gasteiger partial charge in [0.2, 0.25) is 5.91 Å². The van der Waals surface area contributed by atoms with Crippen molar-refractivity contribution in [3.8, 4) is 0 Å². The zero-order valence-electron chi connectivity index (χ0n) is 14.9. The van der Waals surface area contributed by atoms with Gasteiger partial charge in [0.1, 0.15) is 5.71 Å². The van der Waals surface area contributed by atoms with Crippen LogP contribution < -0.4 is 5.32 Å². The highest BCUT2D eigenvalue weighted by atomic mass is 16.2. The van der Waals surface area contributed by atoms with Gasteiger partial charge in [-0.05, 0) is 12.8 Å². The molecule has 0 atom stereocenters. The summed E-state index contributed by atoms with van der Waals surface area (Å²) in [6, 6.07) is 0.282. The maximum Gasteiger partial charge on any atom is 0.317 e. The molecule has 0 aromatic rings. The van der Waals surface area contributed by atoms with Crippen LogP contribution in [0.15, 0.2) is 5.10 Å². The molecule has 8 nitrogen and oxygen atoms in total. The van der Waals surface area contributed by atoms with Crippen LogP contribution in [0.1, 0.15) is 44.9 Å². The molecule has 1 aliphatic carbocycles. The maximum atomic E-state index is 12.5. The fraction of sp³-hybridized carbons (Fsp3) is 0.765. The van der Waals surface area contributed by atoms with Gasteiger partial charge in [-0.3, -0.25) is 9.59 Å². The van der Waals surface area contributed by atoms with Crippen LogP contribution in [0, 0.1) is 0 Å². The quantitative estimate of drug-likeness (QED) is 0.799. The third-order valence-electron chi connectivity index (χ3n) is 5.24. The van der Waals surface area contributed by atoms with Crippen molar-refractivity contribution in [2.75, 3.05) is 33.2 Å². The number of piperazine rings is 1. The van der Waals surface area contributed by atoms with Crippen molar-refractivity contribution in [2.24, 2.45) is 5.10 Å². The van der Waals surface area contributed by atoms with E-state index in [2.05, 4.69) is 10.4 Å². The lowest BCUT2D eigenvalue weighted by molar-refractivity contribution is -0.131. The summed E-state index contributed by atoms with van der Waals surface area (Å²) < 4.78 is 0. The number of amides is 4. The second kappa shape index (κ2) is 7.84. The Balaban J connectivity index is 1.48. The van der Waals surface area contributed by atoms with E-state index >= 15 is 0 Å². The summed E-state index contributed by atoms with van der Waals surface area (Å²) in [5, 5.41) is 8.45. The molecule has 138 valence electrons. The Bertz CT molecular complexity index is 563. The minimum Gasteiger partial charge on any atom is -0.335 e. The number of carbonyl (C=O) groups excluding carboxylic acids is 3. The van der Waals surface area contributed by atoms with E-state index in [-0.39, 0.29) is 17.8 Å². The Morgan fingerprint density at radius 1 is 1.00 bits per heavy atom. The molecule has 3 aliphatic rings. The standard InChI is InChI=1S/C17H27N5O3/c1-20-15(23)8-7-14(19-20)16(24)21-9-11-22(12-10-21)17(25)18-13-5-3-2-4-6-13/h13H,2-12H2,1H3,(H,18,25). The Morgan fingerprint density at radius 2 is 1.64 bits per heavy atom. The molecule has 0 bridgehead atoms. The van der Waals surface area contributed by atoms with Crippen molar-refractivity contribution in [1.29, 1.82) is 0 Å². The summed E-state index contributed by atoms with van der Waals surface area (Å²) in [6.07, 6.45) is 6.48. The Kier molecular flexibility index (Phi) is 5.55. The number of hydrazone groups is 1. The second-order valence-corrected chi connectivity index (χ2v) is 7.03. The average molecular weight is 349 g/mol. The van der Waals surface area contributed by atoms with Crippen LogP contribution in [-0.4, -0.2) is 77.6 Å². The SMILES string of the molecule is CN1N=C(C(=O)N2CCN(C(=O)NC3CCCCC3)CC2)CCC1=O. The van der Waals surface area contributed by atoms with Crippen molar-refractivity contribution in [3.63, 3.8) is 0 Å². The number of urea groups is 1. The highest BCUT2D eigenvalue weighted by Gasteiger charge is 2.30. The first-order chi connectivity index (χ1) is 12.0. The minimum atomic E-state index is -0.119. The number of hydrogen-bond acceptors (Lipinski definition) is 4. The molecule has 0 radical (unpaired) electrons. The summed E-state index contributed by atoms with van der Waals surface area (Å²) >= 11 is 0. The van der Waals surface area contributed by atoms with E-state index < -0.39 is 0 Å². The maximum absolute atomic E-state index is 12.5. The zero-order chi connectivity index (χ0) is 17.8. The van der Waals surface area contributed by atoms with Crippen LogP contribution >= 0.6 is 0 Å². The Labute approximate surface area is 148 Å². The smallest absolute Gasteiger partial charge is 0.317 e. The van der Waals surface area contributed by atoms with Crippen LogP contribution in [-0.2, 0) is 9.59 Å². The van der Waals surface area contributed by atoms with Crippen LogP contribution in [0.3, 0.4) is 0 Å². The summed E-state index contributed by atoms with van der Waals surface area (Å²) in [7, 11) is 1.57. The third-order valence-corrected chi connectivity index (χ3v) is 5.24. The Morgan fingerprint density at radius 3 is 2.28 bits per heavy atom. The van der Waals surface area contributed by atoms with Gasteiger partial charge in [-0.25, -0.2) is 9.80 Å². The largest absolute Gasteiger partial charge is 0.335 e. The molecule has 0 spiro atoms. The third kappa shape index (κ3) is 4.29. The first-order valence-electron chi connectivity index (χ1n) is 9.23. The van der Waals surface area contributed by atoms with E-state index in [0.717, 1.165) is 12.8 Å². The molecule has 8 heteroatoms. The molecule has 0 unspecified atom stereocenters. The number of hydrogen-bond donors (Lipinski definition) is 1.